The minimum absolute atomic E-state index is 0.109. The summed E-state index contributed by atoms with van der Waals surface area (Å²) in [5.41, 5.74) is 1.70. The van der Waals surface area contributed by atoms with E-state index in [0.29, 0.717) is 11.0 Å². The van der Waals surface area contributed by atoms with Crippen molar-refractivity contribution in [3.8, 4) is 11.4 Å². The number of thioether (sulfide) groups is 1. The van der Waals surface area contributed by atoms with E-state index in [1.54, 1.807) is 0 Å². The molecule has 38 heavy (non-hydrogen) atoms. The Kier molecular flexibility index (Phi) is 6.74. The molecule has 0 spiro atoms. The van der Waals surface area contributed by atoms with E-state index in [2.05, 4.69) is 27.6 Å². The summed E-state index contributed by atoms with van der Waals surface area (Å²) < 4.78 is 8.16. The van der Waals surface area contributed by atoms with Crippen LogP contribution in [0.15, 0.2) is 120 Å². The smallest absolute Gasteiger partial charge is 0.234 e. The lowest BCUT2D eigenvalue weighted by Crippen LogP contribution is -2.15. The molecule has 0 aliphatic heterocycles. The van der Waals surface area contributed by atoms with Gasteiger partial charge in [0.1, 0.15) is 12.4 Å². The number of carbonyl (C=O) groups is 1. The molecule has 0 saturated heterocycles. The van der Waals surface area contributed by atoms with Gasteiger partial charge in [0.25, 0.3) is 0 Å². The molecule has 1 N–H and O–H groups in total. The predicted octanol–water partition coefficient (Wildman–Crippen LogP) is 6.88. The molecule has 6 aromatic rings. The van der Waals surface area contributed by atoms with Crippen LogP contribution in [0.2, 0.25) is 0 Å². The number of para-hydroxylation sites is 1. The number of hydrogen-bond donors (Lipinski definition) is 1. The van der Waals surface area contributed by atoms with E-state index in [1.807, 2.05) is 108 Å². The fourth-order valence-electron chi connectivity index (χ4n) is 4.44. The highest BCUT2D eigenvalue weighted by molar-refractivity contribution is 7.99. The fraction of sp³-hybridized carbons (Fsp3) is 0.0645. The Balaban J connectivity index is 1.22. The van der Waals surface area contributed by atoms with Gasteiger partial charge in [0.2, 0.25) is 5.91 Å². The molecule has 186 valence electrons. The van der Waals surface area contributed by atoms with E-state index in [1.165, 1.54) is 11.8 Å². The number of carbonyl (C=O) groups excluding carboxylic acids is 1. The van der Waals surface area contributed by atoms with Crippen LogP contribution in [-0.2, 0) is 11.4 Å². The van der Waals surface area contributed by atoms with Crippen LogP contribution in [0.25, 0.3) is 27.2 Å². The van der Waals surface area contributed by atoms with Crippen LogP contribution in [0.3, 0.4) is 0 Å². The summed E-state index contributed by atoms with van der Waals surface area (Å²) in [5.74, 6) is 1.52. The lowest BCUT2D eigenvalue weighted by Gasteiger charge is -2.12. The minimum atomic E-state index is -0.109. The third-order valence-corrected chi connectivity index (χ3v) is 7.15. The maximum absolute atomic E-state index is 12.9. The third kappa shape index (κ3) is 4.96. The normalized spacial score (nSPS) is 11.1. The molecule has 1 amide bonds. The van der Waals surface area contributed by atoms with Gasteiger partial charge in [-0.3, -0.25) is 9.36 Å². The number of nitrogens with one attached hydrogen (secondary N) is 1. The quantitative estimate of drug-likeness (QED) is 0.223. The molecule has 0 fully saturated rings. The van der Waals surface area contributed by atoms with Crippen molar-refractivity contribution in [1.29, 1.82) is 0 Å². The van der Waals surface area contributed by atoms with Gasteiger partial charge in [-0.15, -0.1) is 10.2 Å². The van der Waals surface area contributed by atoms with Crippen molar-refractivity contribution in [2.75, 3.05) is 11.1 Å². The van der Waals surface area contributed by atoms with Crippen LogP contribution in [0.4, 0.5) is 5.69 Å². The molecular formula is C31H24N4O2S. The number of anilines is 1. The fourth-order valence-corrected chi connectivity index (χ4v) is 5.21. The average Bonchev–Trinajstić information content (AvgIpc) is 3.38. The summed E-state index contributed by atoms with van der Waals surface area (Å²) in [7, 11) is 0. The Labute approximate surface area is 224 Å². The zero-order chi connectivity index (χ0) is 25.7. The molecule has 7 heteroatoms. The first-order valence-corrected chi connectivity index (χ1v) is 13.3. The average molecular weight is 517 g/mol. The van der Waals surface area contributed by atoms with Crippen LogP contribution in [-0.4, -0.2) is 26.4 Å². The summed E-state index contributed by atoms with van der Waals surface area (Å²) in [6.07, 6.45) is 0. The molecule has 0 bridgehead atoms. The van der Waals surface area contributed by atoms with E-state index in [4.69, 9.17) is 4.74 Å². The number of ether oxygens (including phenoxy) is 1. The maximum atomic E-state index is 12.9. The number of hydrogen-bond acceptors (Lipinski definition) is 5. The van der Waals surface area contributed by atoms with Gasteiger partial charge >= 0.3 is 0 Å². The summed E-state index contributed by atoms with van der Waals surface area (Å²) in [4.78, 5) is 12.9. The highest BCUT2D eigenvalue weighted by Crippen LogP contribution is 2.28. The molecule has 5 aromatic carbocycles. The second kappa shape index (κ2) is 10.8. The third-order valence-electron chi connectivity index (χ3n) is 6.22. The minimum Gasteiger partial charge on any atom is -0.485 e. The second-order valence-corrected chi connectivity index (χ2v) is 9.64. The standard InChI is InChI=1S/C31H24N4O2S/c36-30(32-27-18-8-12-22-10-4-6-16-25(22)27)21-38-31-34-33-29(35(31)24-14-2-1-3-15-24)20-37-28-19-9-13-23-11-5-7-17-26(23)28/h1-19H,20-21H2,(H,32,36). The second-order valence-electron chi connectivity index (χ2n) is 8.70. The molecule has 0 aliphatic carbocycles. The SMILES string of the molecule is O=C(CSc1nnc(COc2cccc3ccccc23)n1-c1ccccc1)Nc1cccc2ccccc12. The number of aromatic nitrogens is 3. The molecule has 1 aromatic heterocycles. The van der Waals surface area contributed by atoms with Crippen molar-refractivity contribution < 1.29 is 9.53 Å². The van der Waals surface area contributed by atoms with Crippen LogP contribution in [0.1, 0.15) is 5.82 Å². The van der Waals surface area contributed by atoms with Gasteiger partial charge in [-0.1, -0.05) is 103 Å². The van der Waals surface area contributed by atoms with Crippen molar-refractivity contribution in [1.82, 2.24) is 14.8 Å². The highest BCUT2D eigenvalue weighted by Gasteiger charge is 2.17. The number of rotatable bonds is 8. The number of nitrogens with zero attached hydrogens (tertiary/aromatic N) is 3. The van der Waals surface area contributed by atoms with Crippen molar-refractivity contribution in [3.05, 3.63) is 121 Å². The molecule has 6 nitrogen and oxygen atoms in total. The van der Waals surface area contributed by atoms with E-state index in [0.717, 1.165) is 38.7 Å². The predicted molar refractivity (Wildman–Crippen MR) is 153 cm³/mol. The number of benzene rings is 5. The van der Waals surface area contributed by atoms with Gasteiger partial charge in [0.05, 0.1) is 5.75 Å². The van der Waals surface area contributed by atoms with E-state index in [9.17, 15) is 4.79 Å². The Morgan fingerprint density at radius 1 is 0.737 bits per heavy atom. The molecule has 0 unspecified atom stereocenters. The maximum Gasteiger partial charge on any atom is 0.234 e. The molecule has 0 radical (unpaired) electrons. The van der Waals surface area contributed by atoms with Gasteiger partial charge in [-0.25, -0.2) is 0 Å². The summed E-state index contributed by atoms with van der Waals surface area (Å²) in [5, 5.41) is 16.8. The van der Waals surface area contributed by atoms with Crippen LogP contribution in [0.5, 0.6) is 5.75 Å². The largest absolute Gasteiger partial charge is 0.485 e. The van der Waals surface area contributed by atoms with E-state index in [-0.39, 0.29) is 18.3 Å². The Hall–Kier alpha value is -4.62. The topological polar surface area (TPSA) is 69.0 Å². The van der Waals surface area contributed by atoms with E-state index < -0.39 is 0 Å². The summed E-state index contributed by atoms with van der Waals surface area (Å²) >= 11 is 1.34. The molecule has 0 aliphatic rings. The molecular weight excluding hydrogens is 492 g/mol. The van der Waals surface area contributed by atoms with Crippen molar-refractivity contribution >= 4 is 44.9 Å². The Morgan fingerprint density at radius 3 is 2.21 bits per heavy atom. The molecule has 0 saturated carbocycles. The number of amides is 1. The summed E-state index contributed by atoms with van der Waals surface area (Å²) in [6.45, 7) is 0.235. The van der Waals surface area contributed by atoms with Crippen molar-refractivity contribution in [2.24, 2.45) is 0 Å². The van der Waals surface area contributed by atoms with Crippen molar-refractivity contribution in [3.63, 3.8) is 0 Å². The first kappa shape index (κ1) is 23.8. The van der Waals surface area contributed by atoms with Crippen LogP contribution in [0, 0.1) is 0 Å². The summed E-state index contributed by atoms with van der Waals surface area (Å²) in [6, 6.07) is 37.9. The van der Waals surface area contributed by atoms with Gasteiger partial charge < -0.3 is 10.1 Å². The molecule has 6 rings (SSSR count). The Bertz CT molecular complexity index is 1720. The highest BCUT2D eigenvalue weighted by atomic mass is 32.2. The zero-order valence-electron chi connectivity index (χ0n) is 20.5. The monoisotopic (exact) mass is 516 g/mol. The first-order chi connectivity index (χ1) is 18.8. The van der Waals surface area contributed by atoms with Gasteiger partial charge in [-0.05, 0) is 35.0 Å². The first-order valence-electron chi connectivity index (χ1n) is 12.3. The lowest BCUT2D eigenvalue weighted by atomic mass is 10.1. The van der Waals surface area contributed by atoms with E-state index >= 15 is 0 Å². The molecule has 0 atom stereocenters. The van der Waals surface area contributed by atoms with Gasteiger partial charge in [-0.2, -0.15) is 0 Å². The Morgan fingerprint density at radius 2 is 1.39 bits per heavy atom. The lowest BCUT2D eigenvalue weighted by molar-refractivity contribution is -0.113. The number of fused-ring (bicyclic) bond motifs is 2. The van der Waals surface area contributed by atoms with Gasteiger partial charge in [0.15, 0.2) is 11.0 Å². The molecule has 1 heterocycles. The van der Waals surface area contributed by atoms with Crippen molar-refractivity contribution in [2.45, 2.75) is 11.8 Å². The van der Waals surface area contributed by atoms with Crippen LogP contribution >= 0.6 is 11.8 Å². The zero-order valence-corrected chi connectivity index (χ0v) is 21.3. The van der Waals surface area contributed by atoms with Crippen LogP contribution < -0.4 is 10.1 Å². The van der Waals surface area contributed by atoms with Gasteiger partial charge in [0, 0.05) is 22.1 Å².